The minimum atomic E-state index is -3.78. The molecule has 0 aromatic carbocycles. The predicted octanol–water partition coefficient (Wildman–Crippen LogP) is 1.13. The summed E-state index contributed by atoms with van der Waals surface area (Å²) in [5.74, 6) is 0.258. The fraction of sp³-hybridized carbons (Fsp3) is 0.429. The maximum atomic E-state index is 13.4. The molecule has 2 aliphatic carbocycles. The lowest BCUT2D eigenvalue weighted by Crippen LogP contribution is -2.51. The van der Waals surface area contributed by atoms with Gasteiger partial charge < -0.3 is 9.05 Å². The molecular formula is C21H23N6O6S+. The van der Waals surface area contributed by atoms with Gasteiger partial charge in [0.1, 0.15) is 16.5 Å². The average molecular weight is 488 g/mol. The van der Waals surface area contributed by atoms with Crippen LogP contribution in [-0.2, 0) is 27.9 Å². The van der Waals surface area contributed by atoms with Crippen LogP contribution in [0.15, 0.2) is 38.9 Å². The van der Waals surface area contributed by atoms with E-state index in [1.165, 1.54) is 22.8 Å². The van der Waals surface area contributed by atoms with Gasteiger partial charge in [-0.15, -0.1) is 4.90 Å². The Hall–Kier alpha value is -3.45. The van der Waals surface area contributed by atoms with Crippen LogP contribution in [0.5, 0.6) is 0 Å². The third-order valence-electron chi connectivity index (χ3n) is 5.88. The smallest absolute Gasteiger partial charge is 0.357 e. The molecule has 12 nitrogen and oxygen atoms in total. The molecule has 3 amide bonds. The summed E-state index contributed by atoms with van der Waals surface area (Å²) in [6.07, 6.45) is 5.80. The SMILES string of the molecule is Cc1cc(CN2C(=O)C3=CC(S(=O)(=O)NC4(C)CC4)C=CC3=[N+](Cc3nc(C)no3)C2=O)on1. The number of amides is 3. The van der Waals surface area contributed by atoms with Crippen molar-refractivity contribution in [1.29, 1.82) is 0 Å². The summed E-state index contributed by atoms with van der Waals surface area (Å²) in [7, 11) is -3.78. The molecule has 0 bridgehead atoms. The second kappa shape index (κ2) is 7.81. The van der Waals surface area contributed by atoms with Crippen LogP contribution in [-0.4, -0.2) is 61.6 Å². The maximum absolute atomic E-state index is 13.4. The Morgan fingerprint density at radius 3 is 2.62 bits per heavy atom. The fourth-order valence-electron chi connectivity index (χ4n) is 3.85. The standard InChI is InChI=1S/C21H23N6O6S/c1-12-8-14(32-23-12)10-27-19(28)16-9-15(34(30,31)25-21(3)6-7-21)4-5-17(16)26(20(27)29)11-18-22-13(2)24-33-18/h4-5,8-9,15,25H,6-7,10-11H2,1-3H3/q+1. The van der Waals surface area contributed by atoms with Gasteiger partial charge in [-0.05, 0) is 45.8 Å². The van der Waals surface area contributed by atoms with E-state index in [-0.39, 0.29) is 30.3 Å². The fourth-order valence-corrected chi connectivity index (χ4v) is 5.48. The van der Waals surface area contributed by atoms with Crippen molar-refractivity contribution in [2.24, 2.45) is 0 Å². The Morgan fingerprint density at radius 1 is 1.24 bits per heavy atom. The van der Waals surface area contributed by atoms with Crippen LogP contribution in [0.1, 0.15) is 42.9 Å². The number of nitrogens with zero attached hydrogens (tertiary/aromatic N) is 5. The number of nitrogens with one attached hydrogen (secondary N) is 1. The van der Waals surface area contributed by atoms with E-state index in [9.17, 15) is 18.0 Å². The zero-order valence-corrected chi connectivity index (χ0v) is 19.6. The minimum Gasteiger partial charge on any atom is -0.357 e. The number of rotatable bonds is 7. The van der Waals surface area contributed by atoms with E-state index in [2.05, 4.69) is 20.0 Å². The monoisotopic (exact) mass is 487 g/mol. The van der Waals surface area contributed by atoms with Gasteiger partial charge in [0.25, 0.3) is 5.89 Å². The highest BCUT2D eigenvalue weighted by Gasteiger charge is 2.48. The summed E-state index contributed by atoms with van der Waals surface area (Å²) in [6, 6.07) is 0.991. The van der Waals surface area contributed by atoms with E-state index in [0.717, 1.165) is 17.7 Å². The molecule has 13 heteroatoms. The second-order valence-electron chi connectivity index (χ2n) is 8.93. The highest BCUT2D eigenvalue weighted by Crippen LogP contribution is 2.36. The van der Waals surface area contributed by atoms with Gasteiger partial charge in [0.2, 0.25) is 10.0 Å². The lowest BCUT2D eigenvalue weighted by atomic mass is 9.99. The lowest BCUT2D eigenvalue weighted by molar-refractivity contribution is -0.457. The molecule has 1 saturated carbocycles. The van der Waals surface area contributed by atoms with Crippen LogP contribution >= 0.6 is 0 Å². The predicted molar refractivity (Wildman–Crippen MR) is 116 cm³/mol. The summed E-state index contributed by atoms with van der Waals surface area (Å²) in [4.78, 5) is 31.9. The van der Waals surface area contributed by atoms with Crippen molar-refractivity contribution in [3.8, 4) is 0 Å². The first-order valence-electron chi connectivity index (χ1n) is 10.7. The summed E-state index contributed by atoms with van der Waals surface area (Å²) >= 11 is 0. The van der Waals surface area contributed by atoms with Crippen molar-refractivity contribution in [1.82, 2.24) is 24.9 Å². The number of carbonyl (C=O) groups excluding carboxylic acids is 2. The zero-order chi connectivity index (χ0) is 24.3. The molecule has 3 heterocycles. The topological polar surface area (TPSA) is 152 Å². The summed E-state index contributed by atoms with van der Waals surface area (Å²) in [6.45, 7) is 4.94. The number of imide groups is 1. The maximum Gasteiger partial charge on any atom is 0.502 e. The van der Waals surface area contributed by atoms with Gasteiger partial charge in [-0.25, -0.2) is 17.9 Å². The number of aryl methyl sites for hydroxylation is 2. The summed E-state index contributed by atoms with van der Waals surface area (Å²) < 4.78 is 40.3. The molecule has 1 unspecified atom stereocenters. The molecular weight excluding hydrogens is 464 g/mol. The lowest BCUT2D eigenvalue weighted by Gasteiger charge is -2.25. The summed E-state index contributed by atoms with van der Waals surface area (Å²) in [5.41, 5.74) is 0.494. The third-order valence-corrected chi connectivity index (χ3v) is 7.67. The molecule has 5 rings (SSSR count). The highest BCUT2D eigenvalue weighted by molar-refractivity contribution is 7.90. The number of urea groups is 1. The number of hydrogen-bond acceptors (Lipinski definition) is 9. The van der Waals surface area contributed by atoms with Gasteiger partial charge in [0.05, 0.1) is 5.69 Å². The average Bonchev–Trinajstić information content (AvgIpc) is 3.14. The van der Waals surface area contributed by atoms with Crippen molar-refractivity contribution in [3.63, 3.8) is 0 Å². The van der Waals surface area contributed by atoms with E-state index in [4.69, 9.17) is 9.05 Å². The van der Waals surface area contributed by atoms with Gasteiger partial charge in [-0.3, -0.25) is 0 Å². The van der Waals surface area contributed by atoms with Crippen LogP contribution in [0.3, 0.4) is 0 Å². The molecule has 1 atom stereocenters. The van der Waals surface area contributed by atoms with Crippen LogP contribution in [0.2, 0.25) is 0 Å². The van der Waals surface area contributed by atoms with Crippen molar-refractivity contribution in [2.45, 2.75) is 57.5 Å². The zero-order valence-electron chi connectivity index (χ0n) is 18.8. The van der Waals surface area contributed by atoms with Crippen molar-refractivity contribution >= 4 is 27.7 Å². The number of allylic oxidation sites excluding steroid dienone is 1. The molecule has 0 spiro atoms. The van der Waals surface area contributed by atoms with Crippen LogP contribution in [0, 0.1) is 13.8 Å². The van der Waals surface area contributed by atoms with Gasteiger partial charge in [0.15, 0.2) is 24.7 Å². The molecule has 34 heavy (non-hydrogen) atoms. The van der Waals surface area contributed by atoms with Crippen LogP contribution in [0.25, 0.3) is 0 Å². The molecule has 1 N–H and O–H groups in total. The number of hydrogen-bond donors (Lipinski definition) is 1. The van der Waals surface area contributed by atoms with Crippen molar-refractivity contribution in [3.05, 3.63) is 53.0 Å². The Kier molecular flexibility index (Phi) is 5.13. The van der Waals surface area contributed by atoms with Gasteiger partial charge in [-0.2, -0.15) is 14.4 Å². The van der Waals surface area contributed by atoms with Crippen LogP contribution < -0.4 is 4.72 Å². The van der Waals surface area contributed by atoms with E-state index in [1.807, 2.05) is 6.92 Å². The Balaban J connectivity index is 1.54. The van der Waals surface area contributed by atoms with Crippen LogP contribution in [0.4, 0.5) is 4.79 Å². The van der Waals surface area contributed by atoms with E-state index in [1.54, 1.807) is 19.9 Å². The molecule has 3 aliphatic rings. The normalized spacial score (nSPS) is 21.7. The number of fused-ring (bicyclic) bond motifs is 1. The van der Waals surface area contributed by atoms with E-state index >= 15 is 0 Å². The molecule has 178 valence electrons. The van der Waals surface area contributed by atoms with Gasteiger partial charge in [0, 0.05) is 11.6 Å². The number of sulfonamides is 1. The number of aromatic nitrogens is 3. The van der Waals surface area contributed by atoms with E-state index < -0.39 is 32.8 Å². The minimum absolute atomic E-state index is 0.0888. The first-order chi connectivity index (χ1) is 16.0. The first-order valence-corrected chi connectivity index (χ1v) is 12.2. The van der Waals surface area contributed by atoms with Gasteiger partial charge >= 0.3 is 11.9 Å². The Bertz CT molecular complexity index is 1390. The molecule has 1 fully saturated rings. The molecule has 1 aliphatic heterocycles. The third kappa shape index (κ3) is 4.12. The summed E-state index contributed by atoms with van der Waals surface area (Å²) in [5, 5.41) is 6.47. The molecule has 2 aromatic heterocycles. The quantitative estimate of drug-likeness (QED) is 0.567. The molecule has 2 aromatic rings. The Labute approximate surface area is 195 Å². The van der Waals surface area contributed by atoms with Gasteiger partial charge in [-0.1, -0.05) is 16.4 Å². The molecule has 0 saturated heterocycles. The number of carbonyl (C=O) groups is 2. The highest BCUT2D eigenvalue weighted by atomic mass is 32.2. The largest absolute Gasteiger partial charge is 0.502 e. The Morgan fingerprint density at radius 2 is 2.00 bits per heavy atom. The molecule has 0 radical (unpaired) electrons. The van der Waals surface area contributed by atoms with E-state index in [0.29, 0.717) is 17.3 Å². The second-order valence-corrected chi connectivity index (χ2v) is 10.8. The van der Waals surface area contributed by atoms with Crippen molar-refractivity contribution < 1.29 is 31.6 Å². The first kappa shape index (κ1) is 22.3. The van der Waals surface area contributed by atoms with Crippen molar-refractivity contribution in [2.75, 3.05) is 0 Å².